The highest BCUT2D eigenvalue weighted by Gasteiger charge is 2.37. The number of carbonyl (C=O) groups excluding carboxylic acids is 1. The normalized spacial score (nSPS) is 12.5. The second kappa shape index (κ2) is 8.14. The molecule has 0 bridgehead atoms. The van der Waals surface area contributed by atoms with Crippen LogP contribution in [-0.2, 0) is 6.18 Å². The lowest BCUT2D eigenvalue weighted by Crippen LogP contribution is -2.31. The largest absolute Gasteiger partial charge is 0.418 e. The Labute approximate surface area is 174 Å². The number of benzene rings is 2. The van der Waals surface area contributed by atoms with Crippen molar-refractivity contribution in [1.82, 2.24) is 15.3 Å². The minimum Gasteiger partial charge on any atom is -0.340 e. The van der Waals surface area contributed by atoms with Crippen LogP contribution in [0.3, 0.4) is 0 Å². The van der Waals surface area contributed by atoms with Gasteiger partial charge in [0.05, 0.1) is 22.8 Å². The molecule has 0 aliphatic rings. The van der Waals surface area contributed by atoms with Gasteiger partial charge in [-0.25, -0.2) is 4.39 Å². The van der Waals surface area contributed by atoms with Crippen molar-refractivity contribution in [3.8, 4) is 0 Å². The molecule has 0 saturated carbocycles. The molecule has 156 valence electrons. The molecule has 1 unspecified atom stereocenters. The Morgan fingerprint density at radius 1 is 0.903 bits per heavy atom. The molecule has 8 heteroatoms. The third-order valence-electron chi connectivity index (χ3n) is 4.74. The van der Waals surface area contributed by atoms with Crippen molar-refractivity contribution in [3.63, 3.8) is 0 Å². The minimum absolute atomic E-state index is 0.136. The number of halogens is 4. The summed E-state index contributed by atoms with van der Waals surface area (Å²) in [5.41, 5.74) is -0.530. The number of aromatic nitrogens is 2. The van der Waals surface area contributed by atoms with E-state index >= 15 is 0 Å². The molecule has 0 spiro atoms. The molecule has 2 aromatic heterocycles. The Hall–Kier alpha value is -3.81. The fraction of sp³-hybridized carbons (Fsp3) is 0.0870. The summed E-state index contributed by atoms with van der Waals surface area (Å²) in [6.07, 6.45) is -1.93. The number of pyridine rings is 2. The lowest BCUT2D eigenvalue weighted by atomic mass is 9.98. The van der Waals surface area contributed by atoms with Gasteiger partial charge in [-0.15, -0.1) is 0 Å². The molecule has 2 heterocycles. The molecular weight excluding hydrogens is 410 g/mol. The van der Waals surface area contributed by atoms with Crippen LogP contribution in [0.2, 0.25) is 0 Å². The highest BCUT2D eigenvalue weighted by atomic mass is 19.4. The fourth-order valence-electron chi connectivity index (χ4n) is 3.31. The summed E-state index contributed by atoms with van der Waals surface area (Å²) in [6.45, 7) is 0. The zero-order valence-corrected chi connectivity index (χ0v) is 15.9. The number of nitrogens with zero attached hydrogens (tertiary/aromatic N) is 2. The zero-order chi connectivity index (χ0) is 22.0. The van der Waals surface area contributed by atoms with Crippen LogP contribution in [-0.4, -0.2) is 15.9 Å². The van der Waals surface area contributed by atoms with E-state index in [1.54, 1.807) is 24.4 Å². The smallest absolute Gasteiger partial charge is 0.340 e. The number of rotatable bonds is 4. The maximum atomic E-state index is 13.8. The molecule has 31 heavy (non-hydrogen) atoms. The van der Waals surface area contributed by atoms with E-state index in [0.717, 1.165) is 23.6 Å². The second-order valence-corrected chi connectivity index (χ2v) is 6.81. The van der Waals surface area contributed by atoms with Crippen molar-refractivity contribution >= 4 is 16.8 Å². The maximum Gasteiger partial charge on any atom is 0.418 e. The number of nitrogens with one attached hydrogen (secondary N) is 1. The molecule has 2 aromatic carbocycles. The van der Waals surface area contributed by atoms with E-state index in [4.69, 9.17) is 0 Å². The first kappa shape index (κ1) is 20.5. The average Bonchev–Trinajstić information content (AvgIpc) is 2.76. The molecule has 0 radical (unpaired) electrons. The predicted molar refractivity (Wildman–Crippen MR) is 107 cm³/mol. The molecular formula is C23H15F4N3O. The Bertz CT molecular complexity index is 1260. The summed E-state index contributed by atoms with van der Waals surface area (Å²) < 4.78 is 54.7. The van der Waals surface area contributed by atoms with E-state index in [1.807, 2.05) is 6.07 Å². The standard InChI is InChI=1S/C23H15F4N3O/c24-17-6-1-4-15(12-17)20(21-18(23(25,26)27)7-3-11-29-21)30-22(31)16-9-8-14-5-2-10-28-19(14)13-16/h1-13,20H,(H,30,31). The highest BCUT2D eigenvalue weighted by Crippen LogP contribution is 2.35. The lowest BCUT2D eigenvalue weighted by Gasteiger charge is -2.22. The van der Waals surface area contributed by atoms with Crippen molar-refractivity contribution in [3.05, 3.63) is 107 Å². The third kappa shape index (κ3) is 4.37. The Balaban J connectivity index is 1.77. The van der Waals surface area contributed by atoms with E-state index < -0.39 is 35.2 Å². The first-order valence-electron chi connectivity index (χ1n) is 9.26. The Morgan fingerprint density at radius 3 is 2.45 bits per heavy atom. The third-order valence-corrected chi connectivity index (χ3v) is 4.74. The molecule has 0 aliphatic heterocycles. The van der Waals surface area contributed by atoms with Crippen LogP contribution in [0.4, 0.5) is 17.6 Å². The van der Waals surface area contributed by atoms with Gasteiger partial charge in [0.25, 0.3) is 5.91 Å². The van der Waals surface area contributed by atoms with E-state index in [1.165, 1.54) is 30.5 Å². The Kier molecular flexibility index (Phi) is 5.37. The van der Waals surface area contributed by atoms with Gasteiger partial charge in [-0.3, -0.25) is 14.8 Å². The summed E-state index contributed by atoms with van der Waals surface area (Å²) in [7, 11) is 0. The number of alkyl halides is 3. The van der Waals surface area contributed by atoms with E-state index in [0.29, 0.717) is 5.52 Å². The van der Waals surface area contributed by atoms with Crippen molar-refractivity contribution in [2.75, 3.05) is 0 Å². The van der Waals surface area contributed by atoms with Gasteiger partial charge >= 0.3 is 6.18 Å². The fourth-order valence-corrected chi connectivity index (χ4v) is 3.31. The molecule has 0 aliphatic carbocycles. The lowest BCUT2D eigenvalue weighted by molar-refractivity contribution is -0.138. The number of hydrogen-bond acceptors (Lipinski definition) is 3. The van der Waals surface area contributed by atoms with Gasteiger partial charge in [0.15, 0.2) is 0 Å². The van der Waals surface area contributed by atoms with E-state index in [9.17, 15) is 22.4 Å². The zero-order valence-electron chi connectivity index (χ0n) is 15.9. The molecule has 1 amide bonds. The molecule has 0 saturated heterocycles. The van der Waals surface area contributed by atoms with Crippen LogP contribution in [0, 0.1) is 5.82 Å². The van der Waals surface area contributed by atoms with Crippen molar-refractivity contribution < 1.29 is 22.4 Å². The van der Waals surface area contributed by atoms with Crippen molar-refractivity contribution in [2.24, 2.45) is 0 Å². The molecule has 1 N–H and O–H groups in total. The van der Waals surface area contributed by atoms with Crippen LogP contribution >= 0.6 is 0 Å². The van der Waals surface area contributed by atoms with Crippen LogP contribution in [0.25, 0.3) is 10.9 Å². The van der Waals surface area contributed by atoms with Gasteiger partial charge in [0.2, 0.25) is 0 Å². The van der Waals surface area contributed by atoms with Crippen LogP contribution in [0.1, 0.15) is 33.2 Å². The van der Waals surface area contributed by atoms with Crippen molar-refractivity contribution in [1.29, 1.82) is 0 Å². The summed E-state index contributed by atoms with van der Waals surface area (Å²) in [5, 5.41) is 3.38. The summed E-state index contributed by atoms with van der Waals surface area (Å²) >= 11 is 0. The maximum absolute atomic E-state index is 13.8. The van der Waals surface area contributed by atoms with Crippen LogP contribution in [0.5, 0.6) is 0 Å². The number of amides is 1. The molecule has 4 rings (SSSR count). The topological polar surface area (TPSA) is 54.9 Å². The van der Waals surface area contributed by atoms with Gasteiger partial charge < -0.3 is 5.32 Å². The quantitative estimate of drug-likeness (QED) is 0.451. The summed E-state index contributed by atoms with van der Waals surface area (Å²) in [6, 6.07) is 14.1. The molecule has 4 aromatic rings. The van der Waals surface area contributed by atoms with E-state index in [2.05, 4.69) is 15.3 Å². The van der Waals surface area contributed by atoms with Crippen molar-refractivity contribution in [2.45, 2.75) is 12.2 Å². The monoisotopic (exact) mass is 425 g/mol. The van der Waals surface area contributed by atoms with Gasteiger partial charge in [-0.1, -0.05) is 24.3 Å². The molecule has 1 atom stereocenters. The van der Waals surface area contributed by atoms with Crippen LogP contribution in [0.15, 0.2) is 79.1 Å². The number of fused-ring (bicyclic) bond motifs is 1. The van der Waals surface area contributed by atoms with Gasteiger partial charge in [0, 0.05) is 23.3 Å². The van der Waals surface area contributed by atoms with Gasteiger partial charge in [0.1, 0.15) is 5.82 Å². The van der Waals surface area contributed by atoms with Crippen LogP contribution < -0.4 is 5.32 Å². The van der Waals surface area contributed by atoms with Gasteiger partial charge in [-0.2, -0.15) is 13.2 Å². The first-order valence-corrected chi connectivity index (χ1v) is 9.26. The SMILES string of the molecule is O=C(NC(c1cccc(F)c1)c1ncccc1C(F)(F)F)c1ccc2cccnc2c1. The Morgan fingerprint density at radius 2 is 1.68 bits per heavy atom. The van der Waals surface area contributed by atoms with E-state index in [-0.39, 0.29) is 11.1 Å². The molecule has 4 nitrogen and oxygen atoms in total. The minimum atomic E-state index is -4.70. The predicted octanol–water partition coefficient (Wildman–Crippen LogP) is 5.31. The second-order valence-electron chi connectivity index (χ2n) is 6.81. The molecule has 0 fully saturated rings. The summed E-state index contributed by atoms with van der Waals surface area (Å²) in [4.78, 5) is 21.0. The van der Waals surface area contributed by atoms with Gasteiger partial charge in [-0.05, 0) is 48.0 Å². The highest BCUT2D eigenvalue weighted by molar-refractivity contribution is 5.98. The average molecular weight is 425 g/mol. The summed E-state index contributed by atoms with van der Waals surface area (Å²) in [5.74, 6) is -1.28. The number of hydrogen-bond donors (Lipinski definition) is 1. The number of carbonyl (C=O) groups is 1. The first-order chi connectivity index (χ1) is 14.8.